The van der Waals surface area contributed by atoms with Gasteiger partial charge in [-0.1, -0.05) is 6.07 Å². The van der Waals surface area contributed by atoms with Gasteiger partial charge < -0.3 is 10.1 Å². The van der Waals surface area contributed by atoms with Gasteiger partial charge in [0, 0.05) is 28.3 Å². The molecule has 0 bridgehead atoms. The van der Waals surface area contributed by atoms with Gasteiger partial charge in [-0.25, -0.2) is 0 Å². The molecular formula is C15H19IN2O2. The van der Waals surface area contributed by atoms with Crippen molar-refractivity contribution >= 4 is 28.5 Å². The van der Waals surface area contributed by atoms with Crippen molar-refractivity contribution in [3.05, 3.63) is 33.4 Å². The highest BCUT2D eigenvalue weighted by atomic mass is 127. The summed E-state index contributed by atoms with van der Waals surface area (Å²) in [7, 11) is 0. The number of hydrogen-bond donors (Lipinski definition) is 1. The minimum atomic E-state index is -0.0179. The molecule has 2 unspecified atom stereocenters. The minimum absolute atomic E-state index is 0.0179. The predicted octanol–water partition coefficient (Wildman–Crippen LogP) is 1.88. The van der Waals surface area contributed by atoms with E-state index in [-0.39, 0.29) is 12.0 Å². The second-order valence-corrected chi connectivity index (χ2v) is 6.71. The van der Waals surface area contributed by atoms with Crippen LogP contribution in [0.4, 0.5) is 0 Å². The Balaban J connectivity index is 1.51. The maximum absolute atomic E-state index is 12.1. The van der Waals surface area contributed by atoms with E-state index in [0.29, 0.717) is 18.2 Å². The summed E-state index contributed by atoms with van der Waals surface area (Å²) < 4.78 is 6.92. The molecule has 0 radical (unpaired) electrons. The Morgan fingerprint density at radius 2 is 2.40 bits per heavy atom. The second-order valence-electron chi connectivity index (χ2n) is 5.47. The summed E-state index contributed by atoms with van der Waals surface area (Å²) in [6, 6.07) is 8.24. The molecule has 5 heteroatoms. The van der Waals surface area contributed by atoms with Crippen molar-refractivity contribution in [1.29, 1.82) is 0 Å². The number of fused-ring (bicyclic) bond motifs is 1. The lowest BCUT2D eigenvalue weighted by molar-refractivity contribution is -0.0461. The summed E-state index contributed by atoms with van der Waals surface area (Å²) in [5.74, 6) is -0.0179. The van der Waals surface area contributed by atoms with Gasteiger partial charge in [-0.2, -0.15) is 0 Å². The number of ether oxygens (including phenoxy) is 1. The monoisotopic (exact) mass is 386 g/mol. The summed E-state index contributed by atoms with van der Waals surface area (Å²) in [5.41, 5.74) is 0.715. The third-order valence-corrected chi connectivity index (χ3v) is 4.71. The van der Waals surface area contributed by atoms with Crippen molar-refractivity contribution in [3.8, 4) is 0 Å². The maximum Gasteiger partial charge on any atom is 0.251 e. The van der Waals surface area contributed by atoms with Crippen LogP contribution < -0.4 is 5.32 Å². The molecule has 4 nitrogen and oxygen atoms in total. The standard InChI is InChI=1S/C15H19IN2O2/c16-12-4-1-3-11(7-12)15(19)17-8-14-9-18-6-2-5-13(18)10-20-14/h1,3-4,7,13-14H,2,5-6,8-10H2,(H,17,19). The third-order valence-electron chi connectivity index (χ3n) is 4.04. The van der Waals surface area contributed by atoms with E-state index in [0.717, 1.165) is 16.7 Å². The Bertz CT molecular complexity index is 495. The van der Waals surface area contributed by atoms with Gasteiger partial charge in [0.25, 0.3) is 5.91 Å². The van der Waals surface area contributed by atoms with Crippen LogP contribution in [0.15, 0.2) is 24.3 Å². The van der Waals surface area contributed by atoms with Crippen LogP contribution in [-0.2, 0) is 4.74 Å². The van der Waals surface area contributed by atoms with Crippen LogP contribution in [0.3, 0.4) is 0 Å². The van der Waals surface area contributed by atoms with E-state index < -0.39 is 0 Å². The van der Waals surface area contributed by atoms with Gasteiger partial charge in [0.05, 0.1) is 12.7 Å². The normalized spacial score (nSPS) is 26.2. The van der Waals surface area contributed by atoms with Gasteiger partial charge in [-0.15, -0.1) is 0 Å². The number of benzene rings is 1. The zero-order valence-electron chi connectivity index (χ0n) is 11.3. The molecule has 108 valence electrons. The smallest absolute Gasteiger partial charge is 0.251 e. The number of rotatable bonds is 3. The zero-order valence-corrected chi connectivity index (χ0v) is 13.5. The fourth-order valence-corrected chi connectivity index (χ4v) is 3.49. The van der Waals surface area contributed by atoms with E-state index in [2.05, 4.69) is 32.8 Å². The quantitative estimate of drug-likeness (QED) is 0.807. The summed E-state index contributed by atoms with van der Waals surface area (Å²) in [5, 5.41) is 2.98. The highest BCUT2D eigenvalue weighted by molar-refractivity contribution is 14.1. The Kier molecular flexibility index (Phi) is 4.58. The second kappa shape index (κ2) is 6.41. The Morgan fingerprint density at radius 3 is 3.25 bits per heavy atom. The zero-order chi connectivity index (χ0) is 13.9. The van der Waals surface area contributed by atoms with E-state index >= 15 is 0 Å². The number of carbonyl (C=O) groups is 1. The van der Waals surface area contributed by atoms with Crippen molar-refractivity contribution in [2.75, 3.05) is 26.2 Å². The molecule has 20 heavy (non-hydrogen) atoms. The molecule has 2 aliphatic rings. The van der Waals surface area contributed by atoms with Crippen LogP contribution in [0.25, 0.3) is 0 Å². The average Bonchev–Trinajstić information content (AvgIpc) is 2.92. The molecule has 1 aromatic rings. The molecule has 1 amide bonds. The lowest BCUT2D eigenvalue weighted by Crippen LogP contribution is -2.50. The molecule has 2 atom stereocenters. The van der Waals surface area contributed by atoms with Gasteiger partial charge >= 0.3 is 0 Å². The fraction of sp³-hybridized carbons (Fsp3) is 0.533. The van der Waals surface area contributed by atoms with Gasteiger partial charge in [0.1, 0.15) is 0 Å². The van der Waals surface area contributed by atoms with Crippen molar-refractivity contribution in [1.82, 2.24) is 10.2 Å². The number of halogens is 1. The van der Waals surface area contributed by atoms with Crippen LogP contribution >= 0.6 is 22.6 Å². The third kappa shape index (κ3) is 3.32. The largest absolute Gasteiger partial charge is 0.373 e. The van der Waals surface area contributed by atoms with Gasteiger partial charge in [0.2, 0.25) is 0 Å². The molecule has 0 aromatic heterocycles. The first kappa shape index (κ1) is 14.3. The van der Waals surface area contributed by atoms with E-state index in [4.69, 9.17) is 4.74 Å². The number of hydrogen-bond acceptors (Lipinski definition) is 3. The van der Waals surface area contributed by atoms with Crippen LogP contribution in [0.2, 0.25) is 0 Å². The van der Waals surface area contributed by atoms with E-state index in [9.17, 15) is 4.79 Å². The number of amides is 1. The van der Waals surface area contributed by atoms with E-state index in [1.54, 1.807) is 0 Å². The highest BCUT2D eigenvalue weighted by Crippen LogP contribution is 2.22. The lowest BCUT2D eigenvalue weighted by atomic mass is 10.2. The van der Waals surface area contributed by atoms with E-state index in [1.807, 2.05) is 24.3 Å². The Hall–Kier alpha value is -0.660. The Labute approximate surface area is 133 Å². The first-order valence-electron chi connectivity index (χ1n) is 7.12. The number of nitrogens with one attached hydrogen (secondary N) is 1. The molecule has 2 fully saturated rings. The molecule has 3 rings (SSSR count). The molecule has 0 saturated carbocycles. The molecule has 1 aromatic carbocycles. The van der Waals surface area contributed by atoms with Crippen LogP contribution in [0.5, 0.6) is 0 Å². The summed E-state index contributed by atoms with van der Waals surface area (Å²) in [6.07, 6.45) is 2.65. The SMILES string of the molecule is O=C(NCC1CN2CCCC2CO1)c1cccc(I)c1. The lowest BCUT2D eigenvalue weighted by Gasteiger charge is -2.35. The predicted molar refractivity (Wildman–Crippen MR) is 85.8 cm³/mol. The Morgan fingerprint density at radius 1 is 1.50 bits per heavy atom. The average molecular weight is 386 g/mol. The van der Waals surface area contributed by atoms with Crippen molar-refractivity contribution in [2.45, 2.75) is 25.0 Å². The molecule has 2 aliphatic heterocycles. The van der Waals surface area contributed by atoms with Crippen molar-refractivity contribution in [3.63, 3.8) is 0 Å². The highest BCUT2D eigenvalue weighted by Gasteiger charge is 2.32. The molecule has 1 N–H and O–H groups in total. The summed E-state index contributed by atoms with van der Waals surface area (Å²) in [6.45, 7) is 3.52. The number of nitrogens with zero attached hydrogens (tertiary/aromatic N) is 1. The van der Waals surface area contributed by atoms with Crippen LogP contribution in [0.1, 0.15) is 23.2 Å². The van der Waals surface area contributed by atoms with Crippen LogP contribution in [-0.4, -0.2) is 49.2 Å². The first-order chi connectivity index (χ1) is 9.72. The molecule has 0 spiro atoms. The number of morpholine rings is 1. The summed E-state index contributed by atoms with van der Waals surface area (Å²) >= 11 is 2.22. The van der Waals surface area contributed by atoms with Crippen molar-refractivity contribution in [2.24, 2.45) is 0 Å². The fourth-order valence-electron chi connectivity index (χ4n) is 2.95. The van der Waals surface area contributed by atoms with Crippen molar-refractivity contribution < 1.29 is 9.53 Å². The van der Waals surface area contributed by atoms with Gasteiger partial charge in [-0.05, 0) is 60.2 Å². The first-order valence-corrected chi connectivity index (χ1v) is 8.19. The number of carbonyl (C=O) groups excluding carboxylic acids is 1. The van der Waals surface area contributed by atoms with E-state index in [1.165, 1.54) is 19.4 Å². The van der Waals surface area contributed by atoms with Crippen LogP contribution in [0, 0.1) is 3.57 Å². The topological polar surface area (TPSA) is 41.6 Å². The minimum Gasteiger partial charge on any atom is -0.373 e. The van der Waals surface area contributed by atoms with Gasteiger partial charge in [-0.3, -0.25) is 9.69 Å². The maximum atomic E-state index is 12.1. The molecule has 2 saturated heterocycles. The molecular weight excluding hydrogens is 367 g/mol. The van der Waals surface area contributed by atoms with Gasteiger partial charge in [0.15, 0.2) is 0 Å². The molecule has 2 heterocycles. The summed E-state index contributed by atoms with van der Waals surface area (Å²) in [4.78, 5) is 14.6. The molecule has 0 aliphatic carbocycles.